The molecule has 0 amide bonds. The fraction of sp³-hybridized carbons (Fsp3) is 0.471. The van der Waals surface area contributed by atoms with Crippen molar-refractivity contribution in [2.45, 2.75) is 31.1 Å². The molecule has 2 atom stereocenters. The zero-order valence-electron chi connectivity index (χ0n) is 12.8. The van der Waals surface area contributed by atoms with Crippen LogP contribution in [0.5, 0.6) is 5.88 Å². The number of likely N-dealkylation sites (tertiary alicyclic amines) is 1. The molecule has 2 fully saturated rings. The fourth-order valence-corrected chi connectivity index (χ4v) is 4.14. The van der Waals surface area contributed by atoms with Gasteiger partial charge >= 0.3 is 0 Å². The van der Waals surface area contributed by atoms with E-state index in [4.69, 9.17) is 9.47 Å². The molecule has 23 heavy (non-hydrogen) atoms. The van der Waals surface area contributed by atoms with Gasteiger partial charge in [-0.3, -0.25) is 4.90 Å². The quantitative estimate of drug-likeness (QED) is 0.861. The molecule has 0 saturated carbocycles. The molecule has 4 rings (SSSR count). The molecule has 0 aromatic carbocycles. The van der Waals surface area contributed by atoms with E-state index < -0.39 is 5.82 Å². The van der Waals surface area contributed by atoms with Crippen molar-refractivity contribution >= 4 is 11.3 Å². The predicted molar refractivity (Wildman–Crippen MR) is 86.1 cm³/mol. The third-order valence-electron chi connectivity index (χ3n) is 4.56. The van der Waals surface area contributed by atoms with Crippen LogP contribution in [0.4, 0.5) is 4.39 Å². The lowest BCUT2D eigenvalue weighted by Gasteiger charge is -2.23. The maximum Gasteiger partial charge on any atom is 0.250 e. The molecule has 1 spiro atoms. The van der Waals surface area contributed by atoms with E-state index in [1.54, 1.807) is 23.6 Å². The van der Waals surface area contributed by atoms with Gasteiger partial charge in [0.25, 0.3) is 5.88 Å². The van der Waals surface area contributed by atoms with Crippen LogP contribution in [0.25, 0.3) is 0 Å². The van der Waals surface area contributed by atoms with Crippen LogP contribution in [-0.2, 0) is 11.3 Å². The van der Waals surface area contributed by atoms with E-state index in [1.165, 1.54) is 11.6 Å². The van der Waals surface area contributed by atoms with Crippen LogP contribution in [-0.4, -0.2) is 41.3 Å². The van der Waals surface area contributed by atoms with Crippen LogP contribution in [0.15, 0.2) is 35.2 Å². The molecule has 2 saturated heterocycles. The van der Waals surface area contributed by atoms with Gasteiger partial charge in [0.15, 0.2) is 5.82 Å². The van der Waals surface area contributed by atoms with Crippen LogP contribution >= 0.6 is 11.3 Å². The zero-order chi connectivity index (χ0) is 15.7. The lowest BCUT2D eigenvalue weighted by molar-refractivity contribution is 0.00915. The number of nitrogens with zero attached hydrogens (tertiary/aromatic N) is 2. The fourth-order valence-electron chi connectivity index (χ4n) is 3.48. The van der Waals surface area contributed by atoms with Gasteiger partial charge in [0.1, 0.15) is 6.10 Å². The molecule has 0 bridgehead atoms. The maximum atomic E-state index is 13.6. The monoisotopic (exact) mass is 334 g/mol. The third-order valence-corrected chi connectivity index (χ3v) is 5.29. The van der Waals surface area contributed by atoms with Gasteiger partial charge in [0.05, 0.1) is 12.2 Å². The third kappa shape index (κ3) is 3.24. The molecule has 0 N–H and O–H groups in total. The first kappa shape index (κ1) is 15.1. The highest BCUT2D eigenvalue weighted by molar-refractivity contribution is 7.07. The highest BCUT2D eigenvalue weighted by atomic mass is 32.1. The lowest BCUT2D eigenvalue weighted by atomic mass is 9.98. The Bertz CT molecular complexity index is 666. The number of hydrogen-bond donors (Lipinski definition) is 0. The van der Waals surface area contributed by atoms with E-state index in [-0.39, 0.29) is 17.6 Å². The standard InChI is InChI=1S/C17H19FN2O2S/c18-15-2-1-5-19-16(15)22-14-8-17(21-10-14)4-6-20(12-17)9-13-3-7-23-11-13/h1-3,5,7,11,14H,4,6,8-10,12H2/t14-,17-/m0/s1. The molecule has 122 valence electrons. The number of pyridine rings is 1. The highest BCUT2D eigenvalue weighted by Crippen LogP contribution is 2.37. The summed E-state index contributed by atoms with van der Waals surface area (Å²) in [6.07, 6.45) is 3.22. The van der Waals surface area contributed by atoms with Gasteiger partial charge in [-0.25, -0.2) is 9.37 Å². The summed E-state index contributed by atoms with van der Waals surface area (Å²) in [5.74, 6) is -0.342. The molecule has 0 radical (unpaired) electrons. The first-order valence-corrected chi connectivity index (χ1v) is 8.81. The average Bonchev–Trinajstić information content (AvgIpc) is 3.26. The van der Waals surface area contributed by atoms with Crippen LogP contribution < -0.4 is 4.74 Å². The van der Waals surface area contributed by atoms with Gasteiger partial charge in [0, 0.05) is 32.3 Å². The van der Waals surface area contributed by atoms with Crippen molar-refractivity contribution in [3.05, 3.63) is 46.5 Å². The largest absolute Gasteiger partial charge is 0.470 e. The first-order chi connectivity index (χ1) is 11.2. The second kappa shape index (κ2) is 6.19. The molecule has 2 aromatic rings. The molecule has 2 aromatic heterocycles. The van der Waals surface area contributed by atoms with E-state index in [1.807, 2.05) is 0 Å². The zero-order valence-corrected chi connectivity index (χ0v) is 13.6. The Kier molecular flexibility index (Phi) is 4.05. The highest BCUT2D eigenvalue weighted by Gasteiger charge is 2.46. The van der Waals surface area contributed by atoms with Crippen molar-refractivity contribution in [3.8, 4) is 5.88 Å². The van der Waals surface area contributed by atoms with Crippen LogP contribution in [0.3, 0.4) is 0 Å². The Hall–Kier alpha value is -1.50. The molecular weight excluding hydrogens is 315 g/mol. The predicted octanol–water partition coefficient (Wildman–Crippen LogP) is 3.09. The summed E-state index contributed by atoms with van der Waals surface area (Å²) in [5.41, 5.74) is 1.21. The number of hydrogen-bond acceptors (Lipinski definition) is 5. The van der Waals surface area contributed by atoms with Crippen molar-refractivity contribution in [2.75, 3.05) is 19.7 Å². The minimum absolute atomic E-state index is 0.0753. The molecule has 0 unspecified atom stereocenters. The Morgan fingerprint density at radius 1 is 1.48 bits per heavy atom. The lowest BCUT2D eigenvalue weighted by Crippen LogP contribution is -2.33. The number of thiophene rings is 1. The van der Waals surface area contributed by atoms with Crippen molar-refractivity contribution in [1.29, 1.82) is 0 Å². The van der Waals surface area contributed by atoms with Gasteiger partial charge in [-0.05, 0) is 40.9 Å². The molecule has 0 aliphatic carbocycles. The van der Waals surface area contributed by atoms with Crippen molar-refractivity contribution in [2.24, 2.45) is 0 Å². The second-order valence-corrected chi connectivity index (χ2v) is 7.10. The van der Waals surface area contributed by atoms with E-state index >= 15 is 0 Å². The average molecular weight is 334 g/mol. The van der Waals surface area contributed by atoms with Crippen molar-refractivity contribution in [3.63, 3.8) is 0 Å². The van der Waals surface area contributed by atoms with Crippen LogP contribution in [0, 0.1) is 5.82 Å². The molecule has 4 nitrogen and oxygen atoms in total. The topological polar surface area (TPSA) is 34.6 Å². The van der Waals surface area contributed by atoms with Gasteiger partial charge in [-0.2, -0.15) is 11.3 Å². The normalized spacial score (nSPS) is 27.8. The smallest absolute Gasteiger partial charge is 0.250 e. The Morgan fingerprint density at radius 2 is 2.43 bits per heavy atom. The van der Waals surface area contributed by atoms with Crippen LogP contribution in [0.1, 0.15) is 18.4 Å². The van der Waals surface area contributed by atoms with Crippen LogP contribution in [0.2, 0.25) is 0 Å². The Balaban J connectivity index is 1.36. The van der Waals surface area contributed by atoms with E-state index in [2.05, 4.69) is 26.7 Å². The molecule has 2 aliphatic rings. The minimum atomic E-state index is -0.418. The number of halogens is 1. The molecule has 6 heteroatoms. The summed E-state index contributed by atoms with van der Waals surface area (Å²) >= 11 is 1.73. The molecular formula is C17H19FN2O2S. The van der Waals surface area contributed by atoms with Gasteiger partial charge in [-0.15, -0.1) is 0 Å². The van der Waals surface area contributed by atoms with Gasteiger partial charge < -0.3 is 9.47 Å². The Morgan fingerprint density at radius 3 is 3.26 bits per heavy atom. The summed E-state index contributed by atoms with van der Waals surface area (Å²) in [4.78, 5) is 6.38. The van der Waals surface area contributed by atoms with Crippen molar-refractivity contribution in [1.82, 2.24) is 9.88 Å². The summed E-state index contributed by atoms with van der Waals surface area (Å²) in [6, 6.07) is 5.10. The second-order valence-electron chi connectivity index (χ2n) is 6.32. The van der Waals surface area contributed by atoms with Gasteiger partial charge in [-0.1, -0.05) is 0 Å². The number of aromatic nitrogens is 1. The molecule has 2 aliphatic heterocycles. The minimum Gasteiger partial charge on any atom is -0.470 e. The summed E-state index contributed by atoms with van der Waals surface area (Å²) in [7, 11) is 0. The van der Waals surface area contributed by atoms with E-state index in [0.717, 1.165) is 32.5 Å². The SMILES string of the molecule is Fc1cccnc1O[C@@H]1CO[C@@]2(CCN(Cc3ccsc3)C2)C1. The summed E-state index contributed by atoms with van der Waals surface area (Å²) in [6.45, 7) is 3.41. The van der Waals surface area contributed by atoms with Crippen molar-refractivity contribution < 1.29 is 13.9 Å². The number of ether oxygens (including phenoxy) is 2. The number of rotatable bonds is 4. The van der Waals surface area contributed by atoms with Gasteiger partial charge in [0.2, 0.25) is 0 Å². The maximum absolute atomic E-state index is 13.6. The first-order valence-electron chi connectivity index (χ1n) is 7.87. The molecule has 4 heterocycles. The summed E-state index contributed by atoms with van der Waals surface area (Å²) < 4.78 is 25.4. The van der Waals surface area contributed by atoms with E-state index in [9.17, 15) is 4.39 Å². The summed E-state index contributed by atoms with van der Waals surface area (Å²) in [5, 5.41) is 4.30. The van der Waals surface area contributed by atoms with E-state index in [0.29, 0.717) is 6.61 Å². The Labute approximate surface area is 138 Å².